The molecule has 0 aliphatic carbocycles. The number of carboxylic acid groups (broad SMARTS) is 1. The highest BCUT2D eigenvalue weighted by molar-refractivity contribution is 5.85. The van der Waals surface area contributed by atoms with Gasteiger partial charge < -0.3 is 5.11 Å². The van der Waals surface area contributed by atoms with Crippen molar-refractivity contribution >= 4 is 5.97 Å². The fourth-order valence-electron chi connectivity index (χ4n) is 0.339. The van der Waals surface area contributed by atoms with Gasteiger partial charge in [0.2, 0.25) is 0 Å². The molecule has 70 valence electrons. The van der Waals surface area contributed by atoms with Crippen molar-refractivity contribution in [3.63, 3.8) is 0 Å². The van der Waals surface area contributed by atoms with Crippen LogP contribution in [0.3, 0.4) is 0 Å². The summed E-state index contributed by atoms with van der Waals surface area (Å²) in [6.45, 7) is 8.56. The number of carbonyl (C=O) groups is 1. The van der Waals surface area contributed by atoms with Crippen LogP contribution in [0.1, 0.15) is 20.8 Å². The van der Waals surface area contributed by atoms with Crippen LogP contribution in [0.25, 0.3) is 0 Å². The Balaban J connectivity index is 3.58. The number of hydrogen-bond acceptors (Lipinski definition) is 3. The zero-order chi connectivity index (χ0) is 9.78. The standard InChI is InChI=1S/C8H14O4/c1-6(7(9)10)5-11-12-8(2,3)4/h1,5H2,2-4H3,(H,9,10). The van der Waals surface area contributed by atoms with Crippen molar-refractivity contribution in [2.45, 2.75) is 26.4 Å². The van der Waals surface area contributed by atoms with E-state index in [0.717, 1.165) is 0 Å². The van der Waals surface area contributed by atoms with E-state index in [9.17, 15) is 4.79 Å². The van der Waals surface area contributed by atoms with Gasteiger partial charge in [-0.15, -0.1) is 0 Å². The largest absolute Gasteiger partial charge is 0.478 e. The molecule has 0 aromatic carbocycles. The molecule has 0 saturated heterocycles. The number of carboxylic acids is 1. The molecule has 0 bridgehead atoms. The van der Waals surface area contributed by atoms with Gasteiger partial charge in [-0.05, 0) is 20.8 Å². The van der Waals surface area contributed by atoms with Gasteiger partial charge in [0.25, 0.3) is 0 Å². The normalized spacial score (nSPS) is 11.2. The fourth-order valence-corrected chi connectivity index (χ4v) is 0.339. The molecule has 0 spiro atoms. The van der Waals surface area contributed by atoms with Crippen LogP contribution in [-0.2, 0) is 14.6 Å². The third-order valence-corrected chi connectivity index (χ3v) is 0.845. The molecule has 0 aliphatic rings. The van der Waals surface area contributed by atoms with E-state index < -0.39 is 11.6 Å². The molecule has 0 unspecified atom stereocenters. The molecule has 0 aliphatic heterocycles. The fraction of sp³-hybridized carbons (Fsp3) is 0.625. The zero-order valence-corrected chi connectivity index (χ0v) is 7.59. The van der Waals surface area contributed by atoms with Crippen molar-refractivity contribution in [2.24, 2.45) is 0 Å². The molecule has 0 atom stereocenters. The quantitative estimate of drug-likeness (QED) is 0.397. The highest BCUT2D eigenvalue weighted by Gasteiger charge is 2.12. The first kappa shape index (κ1) is 11.1. The Labute approximate surface area is 71.7 Å². The average molecular weight is 174 g/mol. The molecule has 0 amide bonds. The molecule has 4 nitrogen and oxygen atoms in total. The third kappa shape index (κ3) is 5.88. The van der Waals surface area contributed by atoms with E-state index >= 15 is 0 Å². The van der Waals surface area contributed by atoms with Crippen LogP contribution in [0.2, 0.25) is 0 Å². The molecule has 0 heterocycles. The predicted molar refractivity (Wildman–Crippen MR) is 43.6 cm³/mol. The van der Waals surface area contributed by atoms with Gasteiger partial charge in [-0.3, -0.25) is 0 Å². The second kappa shape index (κ2) is 4.23. The summed E-state index contributed by atoms with van der Waals surface area (Å²) in [7, 11) is 0. The Morgan fingerprint density at radius 3 is 2.33 bits per heavy atom. The average Bonchev–Trinajstić information content (AvgIpc) is 1.84. The summed E-state index contributed by atoms with van der Waals surface area (Å²) >= 11 is 0. The molecular formula is C8H14O4. The van der Waals surface area contributed by atoms with Gasteiger partial charge in [-0.2, -0.15) is 0 Å². The number of rotatable bonds is 4. The first-order valence-corrected chi connectivity index (χ1v) is 3.54. The minimum atomic E-state index is -1.08. The first-order chi connectivity index (χ1) is 5.33. The summed E-state index contributed by atoms with van der Waals surface area (Å²) < 4.78 is 0. The molecule has 0 aromatic rings. The SMILES string of the molecule is C=C(COOC(C)(C)C)C(=O)O. The van der Waals surface area contributed by atoms with Crippen LogP contribution in [0.5, 0.6) is 0 Å². The zero-order valence-electron chi connectivity index (χ0n) is 7.59. The maximum Gasteiger partial charge on any atom is 0.333 e. The van der Waals surface area contributed by atoms with Crippen molar-refractivity contribution < 1.29 is 19.7 Å². The minimum Gasteiger partial charge on any atom is -0.478 e. The van der Waals surface area contributed by atoms with Gasteiger partial charge >= 0.3 is 5.97 Å². The Morgan fingerprint density at radius 1 is 1.50 bits per heavy atom. The van der Waals surface area contributed by atoms with Gasteiger partial charge in [0.1, 0.15) is 6.61 Å². The first-order valence-electron chi connectivity index (χ1n) is 3.54. The molecule has 0 aromatic heterocycles. The summed E-state index contributed by atoms with van der Waals surface area (Å²) in [5.41, 5.74) is -0.460. The van der Waals surface area contributed by atoms with Gasteiger partial charge in [0, 0.05) is 0 Å². The summed E-state index contributed by atoms with van der Waals surface area (Å²) in [5, 5.41) is 8.38. The van der Waals surface area contributed by atoms with Crippen LogP contribution < -0.4 is 0 Å². The summed E-state index contributed by atoms with van der Waals surface area (Å²) in [6.07, 6.45) is 0. The van der Waals surface area contributed by atoms with Crippen LogP contribution >= 0.6 is 0 Å². The van der Waals surface area contributed by atoms with Gasteiger partial charge in [-0.1, -0.05) is 6.58 Å². The lowest BCUT2D eigenvalue weighted by Gasteiger charge is -2.17. The molecule has 0 radical (unpaired) electrons. The van der Waals surface area contributed by atoms with Crippen molar-refractivity contribution in [1.82, 2.24) is 0 Å². The van der Waals surface area contributed by atoms with Crippen molar-refractivity contribution in [2.75, 3.05) is 6.61 Å². The Morgan fingerprint density at radius 2 is 2.00 bits per heavy atom. The van der Waals surface area contributed by atoms with E-state index in [0.29, 0.717) is 0 Å². The van der Waals surface area contributed by atoms with E-state index in [1.165, 1.54) is 0 Å². The number of aliphatic carboxylic acids is 1. The van der Waals surface area contributed by atoms with Crippen LogP contribution in [0, 0.1) is 0 Å². The monoisotopic (exact) mass is 174 g/mol. The van der Waals surface area contributed by atoms with E-state index in [4.69, 9.17) is 9.99 Å². The van der Waals surface area contributed by atoms with E-state index in [1.807, 2.05) is 0 Å². The highest BCUT2D eigenvalue weighted by Crippen LogP contribution is 2.07. The van der Waals surface area contributed by atoms with Crippen LogP contribution in [0.15, 0.2) is 12.2 Å². The Bertz CT molecular complexity index is 178. The minimum absolute atomic E-state index is 0.0285. The lowest BCUT2D eigenvalue weighted by atomic mass is 10.2. The van der Waals surface area contributed by atoms with E-state index in [1.54, 1.807) is 20.8 Å². The Kier molecular flexibility index (Phi) is 3.92. The second-order valence-electron chi connectivity index (χ2n) is 3.37. The third-order valence-electron chi connectivity index (χ3n) is 0.845. The van der Waals surface area contributed by atoms with Crippen molar-refractivity contribution in [1.29, 1.82) is 0 Å². The maximum absolute atomic E-state index is 10.2. The van der Waals surface area contributed by atoms with Crippen LogP contribution in [0.4, 0.5) is 0 Å². The summed E-state index contributed by atoms with van der Waals surface area (Å²) in [5.74, 6) is -1.08. The van der Waals surface area contributed by atoms with Crippen molar-refractivity contribution in [3.05, 3.63) is 12.2 Å². The summed E-state index contributed by atoms with van der Waals surface area (Å²) in [4.78, 5) is 19.7. The molecule has 0 fully saturated rings. The molecule has 12 heavy (non-hydrogen) atoms. The van der Waals surface area contributed by atoms with Crippen LogP contribution in [-0.4, -0.2) is 23.3 Å². The summed E-state index contributed by atoms with van der Waals surface area (Å²) in [6, 6.07) is 0. The Hall–Kier alpha value is -0.870. The molecular weight excluding hydrogens is 160 g/mol. The predicted octanol–water partition coefficient (Wildman–Crippen LogP) is 1.37. The second-order valence-corrected chi connectivity index (χ2v) is 3.37. The topological polar surface area (TPSA) is 55.8 Å². The molecule has 1 N–H and O–H groups in total. The van der Waals surface area contributed by atoms with E-state index in [2.05, 4.69) is 11.5 Å². The smallest absolute Gasteiger partial charge is 0.333 e. The molecule has 4 heteroatoms. The van der Waals surface area contributed by atoms with E-state index in [-0.39, 0.29) is 12.2 Å². The van der Waals surface area contributed by atoms with Gasteiger partial charge in [0.15, 0.2) is 0 Å². The number of hydrogen-bond donors (Lipinski definition) is 1. The van der Waals surface area contributed by atoms with Gasteiger partial charge in [-0.25, -0.2) is 14.6 Å². The van der Waals surface area contributed by atoms with Gasteiger partial charge in [0.05, 0.1) is 11.2 Å². The maximum atomic E-state index is 10.2. The molecule has 0 rings (SSSR count). The lowest BCUT2D eigenvalue weighted by Crippen LogP contribution is -2.20. The highest BCUT2D eigenvalue weighted by atomic mass is 17.2. The van der Waals surface area contributed by atoms with Crippen molar-refractivity contribution in [3.8, 4) is 0 Å². The lowest BCUT2D eigenvalue weighted by molar-refractivity contribution is -0.343. The molecule has 0 saturated carbocycles.